The summed E-state index contributed by atoms with van der Waals surface area (Å²) in [4.78, 5) is 12.1. The lowest BCUT2D eigenvalue weighted by atomic mass is 10.3. The number of nitrogens with one attached hydrogen (secondary N) is 2. The molecule has 0 aliphatic heterocycles. The summed E-state index contributed by atoms with van der Waals surface area (Å²) in [6.07, 6.45) is 0. The summed E-state index contributed by atoms with van der Waals surface area (Å²) in [6, 6.07) is 15.1. The molecule has 1 amide bonds. The lowest BCUT2D eigenvalue weighted by Gasteiger charge is -2.12. The van der Waals surface area contributed by atoms with Crippen LogP contribution in [0.2, 0.25) is 15.1 Å². The number of halogens is 3. The van der Waals surface area contributed by atoms with Crippen LogP contribution in [0, 0.1) is 0 Å². The van der Waals surface area contributed by atoms with Crippen LogP contribution in [0.25, 0.3) is 0 Å². The summed E-state index contributed by atoms with van der Waals surface area (Å²) in [5.41, 5.74) is 0.698. The second-order valence-corrected chi connectivity index (χ2v) is 9.24. The largest absolute Gasteiger partial charge is 0.497 e. The van der Waals surface area contributed by atoms with E-state index in [9.17, 15) is 13.2 Å². The molecule has 3 aromatic rings. The molecule has 0 fully saturated rings. The fourth-order valence-electron chi connectivity index (χ4n) is 2.57. The van der Waals surface area contributed by atoms with Crippen molar-refractivity contribution in [2.24, 2.45) is 0 Å². The van der Waals surface area contributed by atoms with Crippen molar-refractivity contribution >= 4 is 62.1 Å². The zero-order valence-electron chi connectivity index (χ0n) is 16.6. The molecule has 7 nitrogen and oxygen atoms in total. The van der Waals surface area contributed by atoms with Crippen molar-refractivity contribution in [2.75, 3.05) is 23.8 Å². The predicted molar refractivity (Wildman–Crippen MR) is 126 cm³/mol. The standard InChI is InChI=1S/C21H17Cl3N2O5S/c1-30-14-7-5-13(6-8-14)26-32(28,29)15-9-10-19(17(23)11-15)31-12-20(27)25-18-4-2-3-16(22)21(18)24/h2-11,26H,12H2,1H3,(H,25,27). The number of carbonyl (C=O) groups is 1. The molecule has 0 radical (unpaired) electrons. The van der Waals surface area contributed by atoms with Gasteiger partial charge in [-0.3, -0.25) is 9.52 Å². The Hall–Kier alpha value is -2.65. The fourth-order valence-corrected chi connectivity index (χ4v) is 4.30. The highest BCUT2D eigenvalue weighted by Crippen LogP contribution is 2.30. The number of methoxy groups -OCH3 is 1. The Morgan fingerprint density at radius 1 is 0.969 bits per heavy atom. The van der Waals surface area contributed by atoms with Crippen LogP contribution in [-0.4, -0.2) is 28.0 Å². The van der Waals surface area contributed by atoms with Gasteiger partial charge in [-0.05, 0) is 54.6 Å². The van der Waals surface area contributed by atoms with E-state index in [1.54, 1.807) is 42.5 Å². The predicted octanol–water partition coefficient (Wildman–Crippen LogP) is 5.47. The van der Waals surface area contributed by atoms with Gasteiger partial charge in [0.25, 0.3) is 15.9 Å². The van der Waals surface area contributed by atoms with Gasteiger partial charge in [0, 0.05) is 5.69 Å². The maximum Gasteiger partial charge on any atom is 0.262 e. The molecule has 0 aliphatic carbocycles. The number of benzene rings is 3. The Balaban J connectivity index is 1.65. The third-order valence-corrected chi connectivity index (χ3v) is 6.63. The molecule has 32 heavy (non-hydrogen) atoms. The second-order valence-electron chi connectivity index (χ2n) is 6.36. The number of hydrogen-bond donors (Lipinski definition) is 2. The van der Waals surface area contributed by atoms with Crippen molar-refractivity contribution in [1.29, 1.82) is 0 Å². The summed E-state index contributed by atoms with van der Waals surface area (Å²) in [7, 11) is -2.38. The zero-order chi connectivity index (χ0) is 23.3. The summed E-state index contributed by atoms with van der Waals surface area (Å²) < 4.78 is 38.1. The molecule has 0 unspecified atom stereocenters. The van der Waals surface area contributed by atoms with Crippen molar-refractivity contribution in [2.45, 2.75) is 4.90 Å². The minimum absolute atomic E-state index is 0.0243. The van der Waals surface area contributed by atoms with Gasteiger partial charge in [0.2, 0.25) is 0 Å². The Labute approximate surface area is 200 Å². The van der Waals surface area contributed by atoms with Gasteiger partial charge in [-0.2, -0.15) is 0 Å². The first-order valence-electron chi connectivity index (χ1n) is 9.02. The third-order valence-electron chi connectivity index (χ3n) is 4.14. The van der Waals surface area contributed by atoms with E-state index in [-0.39, 0.29) is 27.3 Å². The molecule has 2 N–H and O–H groups in total. The van der Waals surface area contributed by atoms with Gasteiger partial charge in [-0.1, -0.05) is 40.9 Å². The molecule has 11 heteroatoms. The lowest BCUT2D eigenvalue weighted by molar-refractivity contribution is -0.118. The molecule has 0 saturated carbocycles. The zero-order valence-corrected chi connectivity index (χ0v) is 19.6. The quantitative estimate of drug-likeness (QED) is 0.415. The van der Waals surface area contributed by atoms with Crippen molar-refractivity contribution in [3.05, 3.63) is 75.7 Å². The summed E-state index contributed by atoms with van der Waals surface area (Å²) >= 11 is 18.1. The highest BCUT2D eigenvalue weighted by atomic mass is 35.5. The van der Waals surface area contributed by atoms with E-state index in [1.807, 2.05) is 0 Å². The number of rotatable bonds is 8. The molecule has 0 aromatic heterocycles. The number of hydrogen-bond acceptors (Lipinski definition) is 5. The van der Waals surface area contributed by atoms with Crippen LogP contribution in [0.1, 0.15) is 0 Å². The Morgan fingerprint density at radius 2 is 1.69 bits per heavy atom. The Bertz CT molecular complexity index is 1230. The van der Waals surface area contributed by atoms with Crippen molar-refractivity contribution < 1.29 is 22.7 Å². The third kappa shape index (κ3) is 5.98. The molecule has 0 spiro atoms. The second kappa shape index (κ2) is 10.3. The minimum atomic E-state index is -3.89. The molecular weight excluding hydrogens is 499 g/mol. The first kappa shape index (κ1) is 24.0. The fraction of sp³-hybridized carbons (Fsp3) is 0.0952. The van der Waals surface area contributed by atoms with Gasteiger partial charge < -0.3 is 14.8 Å². The van der Waals surface area contributed by atoms with E-state index in [4.69, 9.17) is 44.3 Å². The van der Waals surface area contributed by atoms with E-state index < -0.39 is 15.9 Å². The molecule has 0 saturated heterocycles. The normalized spacial score (nSPS) is 11.0. The molecule has 3 rings (SSSR count). The van der Waals surface area contributed by atoms with Gasteiger partial charge in [0.1, 0.15) is 11.5 Å². The van der Waals surface area contributed by atoms with Crippen LogP contribution in [0.15, 0.2) is 65.6 Å². The average Bonchev–Trinajstić information content (AvgIpc) is 2.76. The van der Waals surface area contributed by atoms with Gasteiger partial charge in [-0.15, -0.1) is 0 Å². The lowest BCUT2D eigenvalue weighted by Crippen LogP contribution is -2.20. The van der Waals surface area contributed by atoms with E-state index in [0.29, 0.717) is 22.1 Å². The molecule has 0 atom stereocenters. The van der Waals surface area contributed by atoms with Crippen LogP contribution in [0.4, 0.5) is 11.4 Å². The number of ether oxygens (including phenoxy) is 2. The number of sulfonamides is 1. The van der Waals surface area contributed by atoms with E-state index in [1.165, 1.54) is 25.3 Å². The molecule has 0 heterocycles. The smallest absolute Gasteiger partial charge is 0.262 e. The summed E-state index contributed by atoms with van der Waals surface area (Å²) in [5.74, 6) is 0.240. The van der Waals surface area contributed by atoms with Gasteiger partial charge in [0.15, 0.2) is 6.61 Å². The van der Waals surface area contributed by atoms with Crippen molar-refractivity contribution in [3.63, 3.8) is 0 Å². The number of carbonyl (C=O) groups excluding carboxylic acids is 1. The van der Waals surface area contributed by atoms with Gasteiger partial charge in [0.05, 0.1) is 32.8 Å². The van der Waals surface area contributed by atoms with E-state index in [2.05, 4.69) is 10.0 Å². The van der Waals surface area contributed by atoms with Crippen molar-refractivity contribution in [1.82, 2.24) is 0 Å². The maximum absolute atomic E-state index is 12.6. The van der Waals surface area contributed by atoms with Crippen LogP contribution >= 0.6 is 34.8 Å². The van der Waals surface area contributed by atoms with E-state index >= 15 is 0 Å². The Kier molecular flexibility index (Phi) is 7.73. The maximum atomic E-state index is 12.6. The monoisotopic (exact) mass is 514 g/mol. The van der Waals surface area contributed by atoms with Crippen LogP contribution < -0.4 is 19.5 Å². The molecule has 168 valence electrons. The first-order valence-corrected chi connectivity index (χ1v) is 11.6. The van der Waals surface area contributed by atoms with E-state index in [0.717, 1.165) is 0 Å². The van der Waals surface area contributed by atoms with Gasteiger partial charge >= 0.3 is 0 Å². The number of anilines is 2. The molecule has 3 aromatic carbocycles. The Morgan fingerprint density at radius 3 is 2.34 bits per heavy atom. The van der Waals surface area contributed by atoms with Crippen LogP contribution in [-0.2, 0) is 14.8 Å². The highest BCUT2D eigenvalue weighted by Gasteiger charge is 2.17. The summed E-state index contributed by atoms with van der Waals surface area (Å²) in [6.45, 7) is -0.376. The topological polar surface area (TPSA) is 93.7 Å². The SMILES string of the molecule is COc1ccc(NS(=O)(=O)c2ccc(OCC(=O)Nc3cccc(Cl)c3Cl)c(Cl)c2)cc1. The first-order chi connectivity index (χ1) is 15.2. The highest BCUT2D eigenvalue weighted by molar-refractivity contribution is 7.92. The van der Waals surface area contributed by atoms with Crippen LogP contribution in [0.5, 0.6) is 11.5 Å². The van der Waals surface area contributed by atoms with Gasteiger partial charge in [-0.25, -0.2) is 8.42 Å². The average molecular weight is 516 g/mol. The number of amides is 1. The molecule has 0 bridgehead atoms. The minimum Gasteiger partial charge on any atom is -0.497 e. The summed E-state index contributed by atoms with van der Waals surface area (Å²) in [5, 5.41) is 3.11. The van der Waals surface area contributed by atoms with Crippen molar-refractivity contribution in [3.8, 4) is 11.5 Å². The molecular formula is C21H17Cl3N2O5S. The molecule has 0 aliphatic rings. The van der Waals surface area contributed by atoms with Crippen LogP contribution in [0.3, 0.4) is 0 Å².